The SMILES string of the molecule is Oc1ccc2c3c1CC1N(CC4CCC4)CC[C@@]34C(O2)[C@@H](O)CCC14O. The van der Waals surface area contributed by atoms with Crippen molar-refractivity contribution < 1.29 is 20.1 Å². The van der Waals surface area contributed by atoms with E-state index in [0.717, 1.165) is 42.3 Å². The molecule has 5 aliphatic rings. The van der Waals surface area contributed by atoms with Crippen LogP contribution in [-0.4, -0.2) is 57.2 Å². The van der Waals surface area contributed by atoms with Crippen molar-refractivity contribution in [2.75, 3.05) is 13.1 Å². The highest BCUT2D eigenvalue weighted by Crippen LogP contribution is 2.65. The molecule has 1 aromatic rings. The number of hydrogen-bond donors (Lipinski definition) is 3. The van der Waals surface area contributed by atoms with E-state index in [1.54, 1.807) is 6.07 Å². The van der Waals surface area contributed by atoms with Crippen molar-refractivity contribution in [3.63, 3.8) is 0 Å². The summed E-state index contributed by atoms with van der Waals surface area (Å²) >= 11 is 0. The summed E-state index contributed by atoms with van der Waals surface area (Å²) in [4.78, 5) is 2.48. The number of hydrogen-bond acceptors (Lipinski definition) is 5. The van der Waals surface area contributed by atoms with Crippen LogP contribution in [0.1, 0.15) is 49.7 Å². The van der Waals surface area contributed by atoms with E-state index in [-0.39, 0.29) is 6.04 Å². The zero-order chi connectivity index (χ0) is 17.7. The van der Waals surface area contributed by atoms with Crippen molar-refractivity contribution in [2.24, 2.45) is 5.92 Å². The first-order valence-corrected chi connectivity index (χ1v) is 10.2. The van der Waals surface area contributed by atoms with Gasteiger partial charge in [0.25, 0.3) is 0 Å². The van der Waals surface area contributed by atoms with Crippen LogP contribution in [-0.2, 0) is 11.8 Å². The Kier molecular flexibility index (Phi) is 2.99. The fourth-order valence-electron chi connectivity index (χ4n) is 6.84. The third-order valence-corrected chi connectivity index (χ3v) is 8.28. The standard InChI is InChI=1S/C21H27NO4/c23-14-4-5-16-18-13(14)10-17-21(25)7-6-15(24)19(26-16)20(18,21)8-9-22(17)11-12-2-1-3-12/h4-5,12,15,17,19,23-25H,1-3,6-11H2/t15-,17?,19?,20-,21?/m0/s1. The van der Waals surface area contributed by atoms with E-state index in [4.69, 9.17) is 4.74 Å². The second-order valence-electron chi connectivity index (χ2n) is 9.24. The fraction of sp³-hybridized carbons (Fsp3) is 0.714. The van der Waals surface area contributed by atoms with Gasteiger partial charge in [-0.2, -0.15) is 0 Å². The van der Waals surface area contributed by atoms with Crippen LogP contribution in [0.3, 0.4) is 0 Å². The van der Waals surface area contributed by atoms with Crippen LogP contribution in [0.2, 0.25) is 0 Å². The van der Waals surface area contributed by atoms with Gasteiger partial charge in [0.1, 0.15) is 17.6 Å². The maximum Gasteiger partial charge on any atom is 0.137 e. The monoisotopic (exact) mass is 357 g/mol. The Labute approximate surface area is 153 Å². The molecule has 3 aliphatic carbocycles. The van der Waals surface area contributed by atoms with Gasteiger partial charge in [-0.15, -0.1) is 0 Å². The number of benzene rings is 1. The molecule has 0 radical (unpaired) electrons. The highest BCUT2D eigenvalue weighted by molar-refractivity contribution is 5.61. The minimum absolute atomic E-state index is 0.00204. The Morgan fingerprint density at radius 3 is 2.81 bits per heavy atom. The number of nitrogens with zero attached hydrogens (tertiary/aromatic N) is 1. The van der Waals surface area contributed by atoms with Crippen LogP contribution < -0.4 is 4.74 Å². The molecule has 1 aromatic carbocycles. The lowest BCUT2D eigenvalue weighted by atomic mass is 9.48. The normalized spacial score (nSPS) is 43.5. The number of ether oxygens (including phenoxy) is 1. The summed E-state index contributed by atoms with van der Waals surface area (Å²) in [7, 11) is 0. The molecule has 5 heteroatoms. The lowest BCUT2D eigenvalue weighted by molar-refractivity contribution is -0.209. The smallest absolute Gasteiger partial charge is 0.137 e. The average Bonchev–Trinajstić information content (AvgIpc) is 2.91. The maximum atomic E-state index is 12.1. The Balaban J connectivity index is 1.53. The van der Waals surface area contributed by atoms with Crippen molar-refractivity contribution in [1.29, 1.82) is 0 Å². The summed E-state index contributed by atoms with van der Waals surface area (Å²) in [5.74, 6) is 1.82. The van der Waals surface area contributed by atoms with Gasteiger partial charge in [-0.25, -0.2) is 0 Å². The van der Waals surface area contributed by atoms with Gasteiger partial charge in [0.2, 0.25) is 0 Å². The van der Waals surface area contributed by atoms with Crippen molar-refractivity contribution in [2.45, 2.75) is 74.2 Å². The van der Waals surface area contributed by atoms with Crippen molar-refractivity contribution in [3.05, 3.63) is 23.3 Å². The molecule has 140 valence electrons. The van der Waals surface area contributed by atoms with Crippen LogP contribution in [0, 0.1) is 5.92 Å². The van der Waals surface area contributed by atoms with Crippen LogP contribution in [0.15, 0.2) is 12.1 Å². The van der Waals surface area contributed by atoms with E-state index in [1.165, 1.54) is 19.3 Å². The molecule has 3 N–H and O–H groups in total. The topological polar surface area (TPSA) is 73.2 Å². The van der Waals surface area contributed by atoms with Gasteiger partial charge in [0.05, 0.1) is 17.1 Å². The predicted octanol–water partition coefficient (Wildman–Crippen LogP) is 1.71. The predicted molar refractivity (Wildman–Crippen MR) is 95.4 cm³/mol. The van der Waals surface area contributed by atoms with Crippen LogP contribution >= 0.6 is 0 Å². The first-order valence-electron chi connectivity index (χ1n) is 10.2. The minimum atomic E-state index is -0.884. The minimum Gasteiger partial charge on any atom is -0.508 e. The van der Waals surface area contributed by atoms with Gasteiger partial charge in [-0.3, -0.25) is 4.90 Å². The lowest BCUT2D eigenvalue weighted by Crippen LogP contribution is -2.77. The number of phenols is 1. The third-order valence-electron chi connectivity index (χ3n) is 8.28. The zero-order valence-electron chi connectivity index (χ0n) is 15.0. The van der Waals surface area contributed by atoms with E-state index >= 15 is 0 Å². The number of rotatable bonds is 2. The van der Waals surface area contributed by atoms with Gasteiger partial charge >= 0.3 is 0 Å². The molecule has 1 saturated heterocycles. The van der Waals surface area contributed by atoms with Crippen LogP contribution in [0.5, 0.6) is 11.5 Å². The fourth-order valence-corrected chi connectivity index (χ4v) is 6.84. The molecule has 0 amide bonds. The summed E-state index contributed by atoms with van der Waals surface area (Å²) in [6.07, 6.45) is 5.60. The Hall–Kier alpha value is -1.30. The van der Waals surface area contributed by atoms with Gasteiger partial charge < -0.3 is 20.1 Å². The first-order chi connectivity index (χ1) is 12.5. The molecule has 26 heavy (non-hydrogen) atoms. The summed E-state index contributed by atoms with van der Waals surface area (Å²) in [6.45, 7) is 1.98. The number of aromatic hydroxyl groups is 1. The van der Waals surface area contributed by atoms with Crippen LogP contribution in [0.25, 0.3) is 0 Å². The van der Waals surface area contributed by atoms with Crippen molar-refractivity contribution in [1.82, 2.24) is 4.90 Å². The van der Waals surface area contributed by atoms with E-state index in [1.807, 2.05) is 6.07 Å². The molecule has 3 unspecified atom stereocenters. The van der Waals surface area contributed by atoms with Gasteiger partial charge in [-0.1, -0.05) is 6.42 Å². The molecule has 2 bridgehead atoms. The van der Waals surface area contributed by atoms with Crippen LogP contribution in [0.4, 0.5) is 0 Å². The van der Waals surface area contributed by atoms with Gasteiger partial charge in [0.15, 0.2) is 0 Å². The number of aliphatic hydroxyl groups is 2. The third kappa shape index (κ3) is 1.64. The van der Waals surface area contributed by atoms with Gasteiger partial charge in [-0.05, 0) is 63.1 Å². The second kappa shape index (κ2) is 4.94. The average molecular weight is 357 g/mol. The largest absolute Gasteiger partial charge is 0.508 e. The molecule has 1 spiro atoms. The van der Waals surface area contributed by atoms with Gasteiger partial charge in [0, 0.05) is 23.7 Å². The maximum absolute atomic E-state index is 12.1. The molecule has 0 aromatic heterocycles. The molecular weight excluding hydrogens is 330 g/mol. The van der Waals surface area contributed by atoms with E-state index in [2.05, 4.69) is 4.90 Å². The molecule has 5 nitrogen and oxygen atoms in total. The van der Waals surface area contributed by atoms with Crippen molar-refractivity contribution in [3.8, 4) is 11.5 Å². The zero-order valence-corrected chi connectivity index (χ0v) is 15.0. The molecule has 5 atom stereocenters. The Morgan fingerprint density at radius 2 is 2.04 bits per heavy atom. The summed E-state index contributed by atoms with van der Waals surface area (Å²) in [5, 5.41) is 33.4. The molecular formula is C21H27NO4. The number of likely N-dealkylation sites (tertiary alicyclic amines) is 1. The molecule has 3 fully saturated rings. The van der Waals surface area contributed by atoms with E-state index in [0.29, 0.717) is 25.0 Å². The highest BCUT2D eigenvalue weighted by Gasteiger charge is 2.72. The Bertz CT molecular complexity index is 778. The number of phenolic OH excluding ortho intramolecular Hbond substituents is 1. The van der Waals surface area contributed by atoms with E-state index < -0.39 is 23.2 Å². The second-order valence-corrected chi connectivity index (χ2v) is 9.24. The summed E-state index contributed by atoms with van der Waals surface area (Å²) < 4.78 is 6.22. The molecule has 2 aliphatic heterocycles. The summed E-state index contributed by atoms with van der Waals surface area (Å²) in [6, 6.07) is 3.53. The number of piperidine rings is 1. The summed E-state index contributed by atoms with van der Waals surface area (Å²) in [5.41, 5.74) is 0.466. The molecule has 2 saturated carbocycles. The molecule has 2 heterocycles. The Morgan fingerprint density at radius 1 is 1.19 bits per heavy atom. The highest BCUT2D eigenvalue weighted by atomic mass is 16.5. The number of aliphatic hydroxyl groups excluding tert-OH is 1. The molecule has 6 rings (SSSR count). The lowest BCUT2D eigenvalue weighted by Gasteiger charge is -2.64. The first kappa shape index (κ1) is 15.7. The van der Waals surface area contributed by atoms with Crippen molar-refractivity contribution >= 4 is 0 Å². The van der Waals surface area contributed by atoms with E-state index in [9.17, 15) is 15.3 Å². The quantitative estimate of drug-likeness (QED) is 0.751.